The highest BCUT2D eigenvalue weighted by atomic mass is 32.2. The Kier molecular flexibility index (Phi) is 6.97. The minimum absolute atomic E-state index is 0.127. The number of rotatable bonds is 8. The number of para-hydroxylation sites is 1. The SMILES string of the molecule is CCc1ccccc1NC(=O)CSc1nnc(-c2ccccc2F)n1Cc1ccccc1. The molecule has 7 heteroatoms. The number of hydrogen-bond acceptors (Lipinski definition) is 4. The highest BCUT2D eigenvalue weighted by Crippen LogP contribution is 2.27. The molecule has 3 aromatic carbocycles. The summed E-state index contributed by atoms with van der Waals surface area (Å²) in [5.41, 5.74) is 3.32. The van der Waals surface area contributed by atoms with Crippen LogP contribution in [0, 0.1) is 5.82 Å². The van der Waals surface area contributed by atoms with Crippen LogP contribution in [0.25, 0.3) is 11.4 Å². The fraction of sp³-hybridized carbons (Fsp3) is 0.160. The smallest absolute Gasteiger partial charge is 0.234 e. The number of halogens is 1. The van der Waals surface area contributed by atoms with E-state index in [4.69, 9.17) is 0 Å². The third kappa shape index (κ3) is 5.06. The Bertz CT molecular complexity index is 1210. The molecule has 4 rings (SSSR count). The number of thioether (sulfide) groups is 1. The van der Waals surface area contributed by atoms with Crippen LogP contribution in [0.4, 0.5) is 10.1 Å². The van der Waals surface area contributed by atoms with Gasteiger partial charge in [0.05, 0.1) is 17.9 Å². The zero-order valence-electron chi connectivity index (χ0n) is 17.7. The van der Waals surface area contributed by atoms with Crippen molar-refractivity contribution in [1.29, 1.82) is 0 Å². The molecule has 0 aliphatic carbocycles. The largest absolute Gasteiger partial charge is 0.325 e. The number of amides is 1. The van der Waals surface area contributed by atoms with Crippen LogP contribution in [0.3, 0.4) is 0 Å². The Labute approximate surface area is 190 Å². The summed E-state index contributed by atoms with van der Waals surface area (Å²) in [5.74, 6) is 0.117. The molecule has 0 fully saturated rings. The van der Waals surface area contributed by atoms with Crippen LogP contribution in [0.2, 0.25) is 0 Å². The van der Waals surface area contributed by atoms with Crippen LogP contribution in [-0.2, 0) is 17.8 Å². The quantitative estimate of drug-likeness (QED) is 0.367. The predicted molar refractivity (Wildman–Crippen MR) is 126 cm³/mol. The lowest BCUT2D eigenvalue weighted by molar-refractivity contribution is -0.113. The summed E-state index contributed by atoms with van der Waals surface area (Å²) in [6.07, 6.45) is 0.834. The summed E-state index contributed by atoms with van der Waals surface area (Å²) >= 11 is 1.28. The Morgan fingerprint density at radius 1 is 0.969 bits per heavy atom. The maximum Gasteiger partial charge on any atom is 0.234 e. The van der Waals surface area contributed by atoms with E-state index in [9.17, 15) is 9.18 Å². The highest BCUT2D eigenvalue weighted by Gasteiger charge is 2.18. The molecule has 1 N–H and O–H groups in total. The monoisotopic (exact) mass is 446 g/mol. The molecular weight excluding hydrogens is 423 g/mol. The van der Waals surface area contributed by atoms with Crippen molar-refractivity contribution in [2.75, 3.05) is 11.1 Å². The van der Waals surface area contributed by atoms with E-state index in [1.807, 2.05) is 59.2 Å². The maximum atomic E-state index is 14.5. The Morgan fingerprint density at radius 2 is 1.69 bits per heavy atom. The average Bonchev–Trinajstić information content (AvgIpc) is 3.21. The number of anilines is 1. The van der Waals surface area contributed by atoms with Gasteiger partial charge < -0.3 is 5.32 Å². The van der Waals surface area contributed by atoms with Gasteiger partial charge in [0.15, 0.2) is 11.0 Å². The van der Waals surface area contributed by atoms with Gasteiger partial charge in [0, 0.05) is 5.69 Å². The van der Waals surface area contributed by atoms with Crippen molar-refractivity contribution in [2.45, 2.75) is 25.0 Å². The van der Waals surface area contributed by atoms with Gasteiger partial charge in [-0.15, -0.1) is 10.2 Å². The summed E-state index contributed by atoms with van der Waals surface area (Å²) in [6, 6.07) is 24.1. The number of aromatic nitrogens is 3. The molecule has 1 aromatic heterocycles. The lowest BCUT2D eigenvalue weighted by Crippen LogP contribution is -2.16. The minimum atomic E-state index is -0.361. The molecule has 1 heterocycles. The Balaban J connectivity index is 1.56. The first-order valence-electron chi connectivity index (χ1n) is 10.4. The summed E-state index contributed by atoms with van der Waals surface area (Å²) < 4.78 is 16.3. The molecule has 0 atom stereocenters. The molecule has 0 radical (unpaired) electrons. The van der Waals surface area contributed by atoms with E-state index in [1.54, 1.807) is 18.2 Å². The van der Waals surface area contributed by atoms with Crippen molar-refractivity contribution in [3.05, 3.63) is 95.8 Å². The third-order valence-corrected chi connectivity index (χ3v) is 5.99. The molecule has 1 amide bonds. The van der Waals surface area contributed by atoms with Crippen molar-refractivity contribution < 1.29 is 9.18 Å². The van der Waals surface area contributed by atoms with E-state index in [0.29, 0.717) is 23.1 Å². The zero-order chi connectivity index (χ0) is 22.3. The van der Waals surface area contributed by atoms with Crippen LogP contribution in [0.1, 0.15) is 18.1 Å². The molecule has 5 nitrogen and oxygen atoms in total. The second-order valence-corrected chi connectivity index (χ2v) is 8.15. The van der Waals surface area contributed by atoms with Crippen molar-refractivity contribution >= 4 is 23.4 Å². The fourth-order valence-corrected chi connectivity index (χ4v) is 4.15. The number of hydrogen-bond donors (Lipinski definition) is 1. The van der Waals surface area contributed by atoms with E-state index >= 15 is 0 Å². The van der Waals surface area contributed by atoms with Gasteiger partial charge in [0.25, 0.3) is 0 Å². The second kappa shape index (κ2) is 10.2. The first-order chi connectivity index (χ1) is 15.7. The number of carbonyl (C=O) groups is 1. The fourth-order valence-electron chi connectivity index (χ4n) is 3.41. The van der Waals surface area contributed by atoms with Crippen LogP contribution in [-0.4, -0.2) is 26.4 Å². The van der Waals surface area contributed by atoms with Gasteiger partial charge in [-0.05, 0) is 35.7 Å². The van der Waals surface area contributed by atoms with E-state index in [2.05, 4.69) is 22.4 Å². The van der Waals surface area contributed by atoms with Crippen LogP contribution in [0.15, 0.2) is 84.0 Å². The summed E-state index contributed by atoms with van der Waals surface area (Å²) in [5, 5.41) is 12.1. The number of nitrogens with one attached hydrogen (secondary N) is 1. The number of benzene rings is 3. The molecular formula is C25H23FN4OS. The summed E-state index contributed by atoms with van der Waals surface area (Å²) in [7, 11) is 0. The molecule has 0 saturated heterocycles. The van der Waals surface area contributed by atoms with Crippen LogP contribution in [0.5, 0.6) is 0 Å². The topological polar surface area (TPSA) is 59.8 Å². The van der Waals surface area contributed by atoms with Crippen molar-refractivity contribution in [1.82, 2.24) is 14.8 Å². The van der Waals surface area contributed by atoms with Gasteiger partial charge in [-0.3, -0.25) is 9.36 Å². The maximum absolute atomic E-state index is 14.5. The highest BCUT2D eigenvalue weighted by molar-refractivity contribution is 7.99. The van der Waals surface area contributed by atoms with Crippen LogP contribution >= 0.6 is 11.8 Å². The van der Waals surface area contributed by atoms with Crippen molar-refractivity contribution in [3.63, 3.8) is 0 Å². The number of carbonyl (C=O) groups excluding carboxylic acids is 1. The Morgan fingerprint density at radius 3 is 2.47 bits per heavy atom. The van der Waals surface area contributed by atoms with E-state index in [0.717, 1.165) is 23.2 Å². The Hall–Kier alpha value is -3.45. The normalized spacial score (nSPS) is 10.8. The lowest BCUT2D eigenvalue weighted by atomic mass is 10.1. The minimum Gasteiger partial charge on any atom is -0.325 e. The first-order valence-corrected chi connectivity index (χ1v) is 11.4. The molecule has 0 saturated carbocycles. The van der Waals surface area contributed by atoms with Gasteiger partial charge in [-0.2, -0.15) is 0 Å². The number of aryl methyl sites for hydroxylation is 1. The van der Waals surface area contributed by atoms with Crippen LogP contribution < -0.4 is 5.32 Å². The third-order valence-electron chi connectivity index (χ3n) is 5.02. The number of nitrogens with zero attached hydrogens (tertiary/aromatic N) is 3. The predicted octanol–water partition coefficient (Wildman–Crippen LogP) is 5.43. The molecule has 0 unspecified atom stereocenters. The van der Waals surface area contributed by atoms with Gasteiger partial charge in [-0.25, -0.2) is 4.39 Å². The van der Waals surface area contributed by atoms with Gasteiger partial charge in [0.1, 0.15) is 5.82 Å². The molecule has 162 valence electrons. The molecule has 0 aliphatic heterocycles. The summed E-state index contributed by atoms with van der Waals surface area (Å²) in [4.78, 5) is 12.6. The van der Waals surface area contributed by atoms with Crippen molar-refractivity contribution in [3.8, 4) is 11.4 Å². The lowest BCUT2D eigenvalue weighted by Gasteiger charge is -2.12. The average molecular weight is 447 g/mol. The van der Waals surface area contributed by atoms with Crippen molar-refractivity contribution in [2.24, 2.45) is 0 Å². The molecule has 0 bridgehead atoms. The molecule has 4 aromatic rings. The van der Waals surface area contributed by atoms with E-state index < -0.39 is 0 Å². The zero-order valence-corrected chi connectivity index (χ0v) is 18.5. The van der Waals surface area contributed by atoms with E-state index in [1.165, 1.54) is 17.8 Å². The molecule has 0 spiro atoms. The molecule has 0 aliphatic rings. The summed E-state index contributed by atoms with van der Waals surface area (Å²) in [6.45, 7) is 2.52. The second-order valence-electron chi connectivity index (χ2n) is 7.21. The van der Waals surface area contributed by atoms with E-state index in [-0.39, 0.29) is 17.5 Å². The van der Waals surface area contributed by atoms with Gasteiger partial charge in [0.2, 0.25) is 5.91 Å². The standard InChI is InChI=1S/C25H23FN4OS/c1-2-19-12-6-9-15-22(19)27-23(31)17-32-25-29-28-24(20-13-7-8-14-21(20)26)30(25)16-18-10-4-3-5-11-18/h3-15H,2,16-17H2,1H3,(H,27,31). The first kappa shape index (κ1) is 21.8. The van der Waals surface area contributed by atoms with Gasteiger partial charge in [-0.1, -0.05) is 79.3 Å². The van der Waals surface area contributed by atoms with Gasteiger partial charge >= 0.3 is 0 Å². The molecule has 32 heavy (non-hydrogen) atoms.